The Kier molecular flexibility index (Phi) is 8.29. The van der Waals surface area contributed by atoms with Crippen LogP contribution in [0.4, 0.5) is 11.4 Å². The molecule has 3 aromatic rings. The first-order valence-corrected chi connectivity index (χ1v) is 14.3. The molecule has 0 radical (unpaired) electrons. The van der Waals surface area contributed by atoms with Gasteiger partial charge >= 0.3 is 11.9 Å². The molecule has 45 heavy (non-hydrogen) atoms. The summed E-state index contributed by atoms with van der Waals surface area (Å²) in [6, 6.07) is 18.8. The predicted molar refractivity (Wildman–Crippen MR) is 152 cm³/mol. The van der Waals surface area contributed by atoms with Crippen molar-refractivity contribution in [2.24, 2.45) is 0 Å². The molecule has 2 bridgehead atoms. The van der Waals surface area contributed by atoms with Crippen molar-refractivity contribution in [3.63, 3.8) is 0 Å². The molecule has 234 valence electrons. The molecule has 3 saturated heterocycles. The van der Waals surface area contributed by atoms with Crippen LogP contribution in [0.2, 0.25) is 0 Å². The van der Waals surface area contributed by atoms with E-state index in [0.717, 1.165) is 12.8 Å². The lowest BCUT2D eigenvalue weighted by Crippen LogP contribution is -2.61. The van der Waals surface area contributed by atoms with Crippen molar-refractivity contribution in [2.75, 3.05) is 19.8 Å². The Bertz CT molecular complexity index is 1570. The monoisotopic (exact) mass is 620 g/mol. The highest BCUT2D eigenvalue weighted by Crippen LogP contribution is 2.55. The van der Waals surface area contributed by atoms with E-state index in [1.165, 1.54) is 48.5 Å². The van der Waals surface area contributed by atoms with Gasteiger partial charge in [0, 0.05) is 36.2 Å². The molecule has 0 aliphatic carbocycles. The largest absolute Gasteiger partial charge is 0.458 e. The van der Waals surface area contributed by atoms with E-state index in [1.54, 1.807) is 0 Å². The first-order chi connectivity index (χ1) is 21.7. The van der Waals surface area contributed by atoms with E-state index < -0.39 is 58.3 Å². The fraction of sp³-hybridized carbons (Fsp3) is 0.355. The van der Waals surface area contributed by atoms with Crippen molar-refractivity contribution in [2.45, 2.75) is 49.1 Å². The number of nitrogens with zero attached hydrogens (tertiary/aromatic N) is 2. The molecule has 0 aromatic heterocycles. The van der Waals surface area contributed by atoms with E-state index in [1.807, 2.05) is 30.3 Å². The van der Waals surface area contributed by atoms with Crippen LogP contribution < -0.4 is 0 Å². The normalized spacial score (nSPS) is 26.1. The number of hydrogen-bond donors (Lipinski definition) is 0. The minimum Gasteiger partial charge on any atom is -0.458 e. The van der Waals surface area contributed by atoms with Crippen molar-refractivity contribution in [3.05, 3.63) is 116 Å². The van der Waals surface area contributed by atoms with Crippen LogP contribution in [0.5, 0.6) is 0 Å². The SMILES string of the molecule is O=C(OC[C@H](OC(=O)c1ccc([N+](=O)[O-])cc1)[C@H]1O[C@@]2(c3ccccc3)O[C@@H]1CO[C@@]21CCCCO1)c1ccc([N+](=O)[O-])cc1. The van der Waals surface area contributed by atoms with Crippen molar-refractivity contribution in [1.29, 1.82) is 0 Å². The number of ether oxygens (including phenoxy) is 6. The van der Waals surface area contributed by atoms with Gasteiger partial charge in [-0.25, -0.2) is 9.59 Å². The number of carbonyl (C=O) groups is 2. The van der Waals surface area contributed by atoms with Gasteiger partial charge in [0.2, 0.25) is 5.79 Å². The molecule has 0 saturated carbocycles. The lowest BCUT2D eigenvalue weighted by Gasteiger charge is -2.50. The van der Waals surface area contributed by atoms with Crippen molar-refractivity contribution >= 4 is 23.3 Å². The van der Waals surface area contributed by atoms with E-state index in [-0.39, 0.29) is 29.1 Å². The molecule has 3 heterocycles. The number of hydrogen-bond acceptors (Lipinski definition) is 12. The van der Waals surface area contributed by atoms with E-state index in [9.17, 15) is 29.8 Å². The number of nitro benzene ring substituents is 2. The van der Waals surface area contributed by atoms with Gasteiger partial charge in [0.25, 0.3) is 17.2 Å². The second-order valence-electron chi connectivity index (χ2n) is 10.7. The fourth-order valence-corrected chi connectivity index (χ4v) is 5.75. The predicted octanol–water partition coefficient (Wildman–Crippen LogP) is 4.45. The van der Waals surface area contributed by atoms with Crippen LogP contribution in [-0.2, 0) is 34.2 Å². The van der Waals surface area contributed by atoms with Crippen LogP contribution in [0.25, 0.3) is 0 Å². The third kappa shape index (κ3) is 5.76. The van der Waals surface area contributed by atoms with E-state index in [0.29, 0.717) is 18.6 Å². The third-order valence-electron chi connectivity index (χ3n) is 7.99. The lowest BCUT2D eigenvalue weighted by atomic mass is 9.90. The summed E-state index contributed by atoms with van der Waals surface area (Å²) >= 11 is 0. The van der Waals surface area contributed by atoms with Crippen molar-refractivity contribution in [3.8, 4) is 0 Å². The zero-order valence-corrected chi connectivity index (χ0v) is 23.8. The summed E-state index contributed by atoms with van der Waals surface area (Å²) in [6.45, 7) is -0.0268. The molecule has 0 amide bonds. The second kappa shape index (κ2) is 12.3. The number of esters is 2. The van der Waals surface area contributed by atoms with E-state index in [4.69, 9.17) is 28.4 Å². The minimum atomic E-state index is -1.53. The summed E-state index contributed by atoms with van der Waals surface area (Å²) in [6.07, 6.45) is -0.897. The summed E-state index contributed by atoms with van der Waals surface area (Å²) < 4.78 is 37.2. The number of rotatable bonds is 9. The summed E-state index contributed by atoms with van der Waals surface area (Å²) in [7, 11) is 0. The molecule has 3 aliphatic heterocycles. The molecule has 14 nitrogen and oxygen atoms in total. The Hall–Kier alpha value is -4.76. The number of nitro groups is 2. The van der Waals surface area contributed by atoms with Crippen LogP contribution in [0.3, 0.4) is 0 Å². The van der Waals surface area contributed by atoms with Gasteiger partial charge in [0.15, 0.2) is 6.10 Å². The molecule has 3 aromatic carbocycles. The Morgan fingerprint density at radius 3 is 2.02 bits per heavy atom. The topological polar surface area (TPSA) is 176 Å². The van der Waals surface area contributed by atoms with Gasteiger partial charge in [-0.05, 0) is 37.1 Å². The molecule has 5 atom stereocenters. The number of non-ortho nitro benzene ring substituents is 2. The number of fused-ring (bicyclic) bond motifs is 3. The smallest absolute Gasteiger partial charge is 0.338 e. The van der Waals surface area contributed by atoms with Gasteiger partial charge in [0.1, 0.15) is 18.8 Å². The van der Waals surface area contributed by atoms with Crippen molar-refractivity contribution < 1.29 is 47.9 Å². The lowest BCUT2D eigenvalue weighted by molar-refractivity contribution is -0.428. The van der Waals surface area contributed by atoms with Crippen LogP contribution in [0.1, 0.15) is 45.5 Å². The van der Waals surface area contributed by atoms with Crippen LogP contribution in [0, 0.1) is 20.2 Å². The first kappa shape index (κ1) is 30.3. The van der Waals surface area contributed by atoms with Gasteiger partial charge in [0.05, 0.1) is 34.2 Å². The standard InChI is InChI=1S/C31H28N2O12/c34-28(20-8-12-23(13-9-20)32(36)37)40-18-25(43-29(35)21-10-14-24(15-11-21)33(38)39)27-26-19-42-30(16-4-5-17-41-30)31(44-26,45-27)22-6-2-1-3-7-22/h1-3,6-15,25-27H,4-5,16-19H2/t25-,26+,27+,30-,31+/m0/s1. The Labute approximate surface area is 256 Å². The zero-order chi connectivity index (χ0) is 31.6. The first-order valence-electron chi connectivity index (χ1n) is 14.3. The summed E-state index contributed by atoms with van der Waals surface area (Å²) in [5.74, 6) is -4.46. The highest BCUT2D eigenvalue weighted by molar-refractivity contribution is 5.90. The molecule has 14 heteroatoms. The quantitative estimate of drug-likeness (QED) is 0.187. The maximum Gasteiger partial charge on any atom is 0.338 e. The number of carbonyl (C=O) groups excluding carboxylic acids is 2. The van der Waals surface area contributed by atoms with Gasteiger partial charge < -0.3 is 28.4 Å². The second-order valence-corrected chi connectivity index (χ2v) is 10.7. The van der Waals surface area contributed by atoms with Crippen LogP contribution >= 0.6 is 0 Å². The fourth-order valence-electron chi connectivity index (χ4n) is 5.75. The Morgan fingerprint density at radius 1 is 0.822 bits per heavy atom. The molecule has 1 spiro atoms. The van der Waals surface area contributed by atoms with Crippen LogP contribution in [-0.4, -0.2) is 65.7 Å². The Morgan fingerprint density at radius 2 is 1.44 bits per heavy atom. The van der Waals surface area contributed by atoms with Gasteiger partial charge in [-0.2, -0.15) is 0 Å². The highest BCUT2D eigenvalue weighted by Gasteiger charge is 2.69. The molecular weight excluding hydrogens is 592 g/mol. The Balaban J connectivity index is 1.30. The van der Waals surface area contributed by atoms with E-state index >= 15 is 0 Å². The van der Waals surface area contributed by atoms with E-state index in [2.05, 4.69) is 0 Å². The maximum absolute atomic E-state index is 13.3. The zero-order valence-electron chi connectivity index (χ0n) is 23.8. The maximum atomic E-state index is 13.3. The van der Waals surface area contributed by atoms with Gasteiger partial charge in [-0.15, -0.1) is 0 Å². The van der Waals surface area contributed by atoms with Gasteiger partial charge in [-0.3, -0.25) is 20.2 Å². The number of benzene rings is 3. The molecule has 0 N–H and O–H groups in total. The third-order valence-corrected chi connectivity index (χ3v) is 7.99. The average Bonchev–Trinajstić information content (AvgIpc) is 3.42. The average molecular weight is 621 g/mol. The molecule has 0 unspecified atom stereocenters. The molecular formula is C31H28N2O12. The summed E-state index contributed by atoms with van der Waals surface area (Å²) in [5, 5.41) is 22.1. The summed E-state index contributed by atoms with van der Waals surface area (Å²) in [4.78, 5) is 47.2. The van der Waals surface area contributed by atoms with Crippen molar-refractivity contribution in [1.82, 2.24) is 0 Å². The molecule has 3 fully saturated rings. The summed E-state index contributed by atoms with van der Waals surface area (Å²) in [5.41, 5.74) is 0.288. The molecule has 6 rings (SSSR count). The van der Waals surface area contributed by atoms with Gasteiger partial charge in [-0.1, -0.05) is 30.3 Å². The highest BCUT2D eigenvalue weighted by atomic mass is 16.8. The minimum absolute atomic E-state index is 0.0234. The van der Waals surface area contributed by atoms with Crippen LogP contribution in [0.15, 0.2) is 78.9 Å². The molecule has 3 aliphatic rings.